The van der Waals surface area contributed by atoms with Gasteiger partial charge in [0.25, 0.3) is 0 Å². The van der Waals surface area contributed by atoms with Crippen LogP contribution in [0.3, 0.4) is 0 Å². The quantitative estimate of drug-likeness (QED) is 0.869. The van der Waals surface area contributed by atoms with E-state index in [0.29, 0.717) is 38.5 Å². The molecule has 108 valence electrons. The van der Waals surface area contributed by atoms with Crippen molar-refractivity contribution in [2.45, 2.75) is 12.5 Å². The van der Waals surface area contributed by atoms with E-state index in [9.17, 15) is 4.79 Å². The van der Waals surface area contributed by atoms with E-state index in [4.69, 9.17) is 18.9 Å². The Labute approximate surface area is 117 Å². The van der Waals surface area contributed by atoms with E-state index in [2.05, 4.69) is 5.32 Å². The van der Waals surface area contributed by atoms with Gasteiger partial charge in [0.1, 0.15) is 0 Å². The molecule has 1 saturated heterocycles. The third-order valence-electron chi connectivity index (χ3n) is 3.21. The van der Waals surface area contributed by atoms with Gasteiger partial charge in [-0.15, -0.1) is 0 Å². The van der Waals surface area contributed by atoms with Crippen LogP contribution in [0.15, 0.2) is 18.2 Å². The number of amides is 1. The summed E-state index contributed by atoms with van der Waals surface area (Å²) in [6, 6.07) is 5.53. The van der Waals surface area contributed by atoms with Crippen LogP contribution in [0.1, 0.15) is 5.56 Å². The van der Waals surface area contributed by atoms with Crippen LogP contribution >= 0.6 is 0 Å². The minimum absolute atomic E-state index is 0.0435. The van der Waals surface area contributed by atoms with Crippen LogP contribution in [0.4, 0.5) is 0 Å². The molecule has 6 heteroatoms. The maximum atomic E-state index is 11.9. The van der Waals surface area contributed by atoms with Crippen LogP contribution in [-0.2, 0) is 20.7 Å². The zero-order chi connectivity index (χ0) is 13.8. The number of hydrogen-bond donors (Lipinski definition) is 1. The van der Waals surface area contributed by atoms with Crippen LogP contribution in [0.25, 0.3) is 0 Å². The maximum absolute atomic E-state index is 11.9. The topological polar surface area (TPSA) is 66.0 Å². The van der Waals surface area contributed by atoms with Crippen LogP contribution in [0, 0.1) is 0 Å². The molecule has 3 rings (SSSR count). The zero-order valence-electron chi connectivity index (χ0n) is 11.1. The molecule has 6 nitrogen and oxygen atoms in total. The third-order valence-corrected chi connectivity index (χ3v) is 3.21. The summed E-state index contributed by atoms with van der Waals surface area (Å²) in [7, 11) is 0. The van der Waals surface area contributed by atoms with Gasteiger partial charge in [0.05, 0.1) is 32.3 Å². The van der Waals surface area contributed by atoms with Crippen molar-refractivity contribution in [3.63, 3.8) is 0 Å². The molecule has 0 aromatic heterocycles. The minimum Gasteiger partial charge on any atom is -0.454 e. The van der Waals surface area contributed by atoms with E-state index in [-0.39, 0.29) is 18.8 Å². The molecule has 0 aliphatic carbocycles. The monoisotopic (exact) mass is 279 g/mol. The van der Waals surface area contributed by atoms with Crippen molar-refractivity contribution >= 4 is 5.91 Å². The Morgan fingerprint density at radius 3 is 3.00 bits per heavy atom. The van der Waals surface area contributed by atoms with Crippen molar-refractivity contribution in [3.8, 4) is 11.5 Å². The first-order valence-corrected chi connectivity index (χ1v) is 6.66. The van der Waals surface area contributed by atoms with E-state index in [1.807, 2.05) is 18.2 Å². The molecule has 0 radical (unpaired) electrons. The standard InChI is InChI=1S/C14H17NO5/c16-14(15-7-11-8-17-3-4-18-11)6-10-1-2-12-13(5-10)20-9-19-12/h1-2,5,11H,3-4,6-9H2,(H,15,16)/t11-/m1/s1. The third kappa shape index (κ3) is 3.20. The number of hydrogen-bond acceptors (Lipinski definition) is 5. The van der Waals surface area contributed by atoms with Gasteiger partial charge in [0.2, 0.25) is 12.7 Å². The fraction of sp³-hybridized carbons (Fsp3) is 0.500. The van der Waals surface area contributed by atoms with Crippen LogP contribution in [0.2, 0.25) is 0 Å². The van der Waals surface area contributed by atoms with Crippen LogP contribution in [0.5, 0.6) is 11.5 Å². The molecule has 1 atom stereocenters. The second kappa shape index (κ2) is 6.11. The van der Waals surface area contributed by atoms with Crippen molar-refractivity contribution in [3.05, 3.63) is 23.8 Å². The molecule has 0 spiro atoms. The minimum atomic E-state index is -0.0514. The normalized spacial score (nSPS) is 20.7. The Morgan fingerprint density at radius 2 is 2.15 bits per heavy atom. The highest BCUT2D eigenvalue weighted by atomic mass is 16.7. The van der Waals surface area contributed by atoms with E-state index in [0.717, 1.165) is 11.3 Å². The highest BCUT2D eigenvalue weighted by molar-refractivity contribution is 5.78. The Bertz CT molecular complexity index is 484. The summed E-state index contributed by atoms with van der Waals surface area (Å²) in [5.74, 6) is 1.37. The summed E-state index contributed by atoms with van der Waals surface area (Å²) in [6.45, 7) is 2.46. The second-order valence-corrected chi connectivity index (χ2v) is 4.74. The fourth-order valence-electron chi connectivity index (χ4n) is 2.18. The van der Waals surface area contributed by atoms with Crippen molar-refractivity contribution in [1.29, 1.82) is 0 Å². The molecule has 1 N–H and O–H groups in total. The number of carbonyl (C=O) groups excluding carboxylic acids is 1. The fourth-order valence-corrected chi connectivity index (χ4v) is 2.18. The van der Waals surface area contributed by atoms with Crippen molar-refractivity contribution < 1.29 is 23.7 Å². The lowest BCUT2D eigenvalue weighted by molar-refractivity contribution is -0.123. The largest absolute Gasteiger partial charge is 0.454 e. The predicted molar refractivity (Wildman–Crippen MR) is 69.8 cm³/mol. The molecule has 2 aliphatic heterocycles. The highest BCUT2D eigenvalue weighted by Gasteiger charge is 2.17. The van der Waals surface area contributed by atoms with Crippen molar-refractivity contribution in [2.24, 2.45) is 0 Å². The molecular formula is C14H17NO5. The number of carbonyl (C=O) groups is 1. The Balaban J connectivity index is 1.48. The summed E-state index contributed by atoms with van der Waals surface area (Å²) in [6.07, 6.45) is 0.258. The van der Waals surface area contributed by atoms with Crippen LogP contribution in [-0.4, -0.2) is 45.2 Å². The number of rotatable bonds is 4. The van der Waals surface area contributed by atoms with Crippen LogP contribution < -0.4 is 14.8 Å². The number of nitrogens with one attached hydrogen (secondary N) is 1. The lowest BCUT2D eigenvalue weighted by Gasteiger charge is -2.23. The molecule has 0 saturated carbocycles. The molecular weight excluding hydrogens is 262 g/mol. The predicted octanol–water partition coefficient (Wildman–Crippen LogP) is 0.489. The molecule has 2 aliphatic rings. The first-order chi connectivity index (χ1) is 9.81. The average Bonchev–Trinajstić information content (AvgIpc) is 2.94. The molecule has 0 bridgehead atoms. The van der Waals surface area contributed by atoms with Gasteiger partial charge in [0, 0.05) is 6.54 Å². The maximum Gasteiger partial charge on any atom is 0.231 e. The van der Waals surface area contributed by atoms with Crippen molar-refractivity contribution in [1.82, 2.24) is 5.32 Å². The van der Waals surface area contributed by atoms with Gasteiger partial charge in [0.15, 0.2) is 11.5 Å². The smallest absolute Gasteiger partial charge is 0.231 e. The van der Waals surface area contributed by atoms with Gasteiger partial charge in [-0.05, 0) is 17.7 Å². The van der Waals surface area contributed by atoms with Gasteiger partial charge < -0.3 is 24.3 Å². The van der Waals surface area contributed by atoms with Gasteiger partial charge in [-0.25, -0.2) is 0 Å². The molecule has 20 heavy (non-hydrogen) atoms. The van der Waals surface area contributed by atoms with E-state index in [1.54, 1.807) is 0 Å². The SMILES string of the molecule is O=C(Cc1ccc2c(c1)OCO2)NC[C@@H]1COCCO1. The lowest BCUT2D eigenvalue weighted by Crippen LogP contribution is -2.40. The number of ether oxygens (including phenoxy) is 4. The number of fused-ring (bicyclic) bond motifs is 1. The Morgan fingerprint density at radius 1 is 1.25 bits per heavy atom. The second-order valence-electron chi connectivity index (χ2n) is 4.74. The molecule has 1 aromatic rings. The Hall–Kier alpha value is -1.79. The van der Waals surface area contributed by atoms with Gasteiger partial charge in [-0.3, -0.25) is 4.79 Å². The average molecular weight is 279 g/mol. The summed E-state index contributed by atoms with van der Waals surface area (Å²) >= 11 is 0. The highest BCUT2D eigenvalue weighted by Crippen LogP contribution is 2.32. The zero-order valence-corrected chi connectivity index (χ0v) is 11.1. The van der Waals surface area contributed by atoms with Gasteiger partial charge in [-0.1, -0.05) is 6.07 Å². The summed E-state index contributed by atoms with van der Waals surface area (Å²) < 4.78 is 21.3. The molecule has 0 unspecified atom stereocenters. The van der Waals surface area contributed by atoms with Gasteiger partial charge in [-0.2, -0.15) is 0 Å². The summed E-state index contributed by atoms with van der Waals surface area (Å²) in [5.41, 5.74) is 0.896. The van der Waals surface area contributed by atoms with E-state index in [1.165, 1.54) is 0 Å². The molecule has 1 aromatic carbocycles. The first-order valence-electron chi connectivity index (χ1n) is 6.66. The van der Waals surface area contributed by atoms with Crippen molar-refractivity contribution in [2.75, 3.05) is 33.2 Å². The first kappa shape index (κ1) is 13.2. The molecule has 2 heterocycles. The number of benzene rings is 1. The lowest BCUT2D eigenvalue weighted by atomic mass is 10.1. The van der Waals surface area contributed by atoms with Gasteiger partial charge >= 0.3 is 0 Å². The molecule has 1 fully saturated rings. The van der Waals surface area contributed by atoms with E-state index < -0.39 is 0 Å². The summed E-state index contributed by atoms with van der Waals surface area (Å²) in [5, 5.41) is 2.85. The Kier molecular flexibility index (Phi) is 4.03. The molecule has 1 amide bonds. The summed E-state index contributed by atoms with van der Waals surface area (Å²) in [4.78, 5) is 11.9. The van der Waals surface area contributed by atoms with E-state index >= 15 is 0 Å².